The van der Waals surface area contributed by atoms with E-state index in [1.165, 1.54) is 12.1 Å². The van der Waals surface area contributed by atoms with Crippen LogP contribution in [0.2, 0.25) is 5.02 Å². The molecule has 2 rings (SSSR count). The van der Waals surface area contributed by atoms with E-state index in [1.807, 2.05) is 0 Å². The van der Waals surface area contributed by atoms with Gasteiger partial charge in [-0.05, 0) is 39.7 Å². The Labute approximate surface area is 117 Å². The van der Waals surface area contributed by atoms with Gasteiger partial charge in [0.2, 0.25) is 0 Å². The summed E-state index contributed by atoms with van der Waals surface area (Å²) in [4.78, 5) is 0. The van der Waals surface area contributed by atoms with E-state index in [4.69, 9.17) is 17.3 Å². The van der Waals surface area contributed by atoms with Gasteiger partial charge in [-0.25, -0.2) is 8.78 Å². The van der Waals surface area contributed by atoms with Gasteiger partial charge in [0.25, 0.3) is 0 Å². The maximum absolute atomic E-state index is 13.6. The molecule has 5 heteroatoms. The fraction of sp³-hybridized carbons (Fsp3) is 0.0769. The fourth-order valence-electron chi connectivity index (χ4n) is 1.65. The van der Waals surface area contributed by atoms with Crippen molar-refractivity contribution in [3.63, 3.8) is 0 Å². The maximum atomic E-state index is 13.6. The van der Waals surface area contributed by atoms with Gasteiger partial charge >= 0.3 is 0 Å². The number of nitrogens with two attached hydrogens (primary N) is 1. The van der Waals surface area contributed by atoms with Gasteiger partial charge in [0, 0.05) is 10.0 Å². The second kappa shape index (κ2) is 5.34. The van der Waals surface area contributed by atoms with Crippen LogP contribution in [0.4, 0.5) is 8.78 Å². The topological polar surface area (TPSA) is 26.0 Å². The van der Waals surface area contributed by atoms with Gasteiger partial charge in [-0.2, -0.15) is 0 Å². The molecular formula is C13H9BrClF2N. The molecule has 0 fully saturated rings. The molecule has 2 N–H and O–H groups in total. The Morgan fingerprint density at radius 1 is 1.17 bits per heavy atom. The van der Waals surface area contributed by atoms with E-state index >= 15 is 0 Å². The van der Waals surface area contributed by atoms with Crippen molar-refractivity contribution in [1.82, 2.24) is 0 Å². The molecule has 0 aromatic heterocycles. The van der Waals surface area contributed by atoms with Gasteiger partial charge in [0.1, 0.15) is 0 Å². The standard InChI is InChI=1S/C13H9BrClF2N/c14-9-5-4-7(6-10(9)15)13(18)8-2-1-3-11(16)12(8)17/h1-6,13H,18H2. The van der Waals surface area contributed by atoms with Gasteiger partial charge in [-0.3, -0.25) is 0 Å². The lowest BCUT2D eigenvalue weighted by atomic mass is 9.99. The molecule has 0 bridgehead atoms. The average Bonchev–Trinajstić information content (AvgIpc) is 2.35. The van der Waals surface area contributed by atoms with Gasteiger partial charge in [-0.15, -0.1) is 0 Å². The molecule has 1 atom stereocenters. The maximum Gasteiger partial charge on any atom is 0.163 e. The van der Waals surface area contributed by atoms with Gasteiger partial charge in [0.05, 0.1) is 11.1 Å². The molecule has 0 aliphatic carbocycles. The van der Waals surface area contributed by atoms with Crippen LogP contribution in [0.25, 0.3) is 0 Å². The van der Waals surface area contributed by atoms with E-state index in [1.54, 1.807) is 18.2 Å². The van der Waals surface area contributed by atoms with E-state index in [0.717, 1.165) is 10.5 Å². The van der Waals surface area contributed by atoms with E-state index in [-0.39, 0.29) is 5.56 Å². The predicted molar refractivity (Wildman–Crippen MR) is 71.5 cm³/mol. The van der Waals surface area contributed by atoms with Crippen molar-refractivity contribution >= 4 is 27.5 Å². The lowest BCUT2D eigenvalue weighted by molar-refractivity contribution is 0.494. The fourth-order valence-corrected chi connectivity index (χ4v) is 2.08. The zero-order chi connectivity index (χ0) is 13.3. The highest BCUT2D eigenvalue weighted by Crippen LogP contribution is 2.29. The average molecular weight is 333 g/mol. The number of hydrogen-bond donors (Lipinski definition) is 1. The van der Waals surface area contributed by atoms with Gasteiger partial charge in [0.15, 0.2) is 11.6 Å². The van der Waals surface area contributed by atoms with E-state index in [9.17, 15) is 8.78 Å². The Kier molecular flexibility index (Phi) is 4.00. The van der Waals surface area contributed by atoms with Crippen molar-refractivity contribution in [3.05, 3.63) is 68.7 Å². The molecule has 0 saturated heterocycles. The summed E-state index contributed by atoms with van der Waals surface area (Å²) in [7, 11) is 0. The molecule has 0 aliphatic heterocycles. The SMILES string of the molecule is NC(c1ccc(Br)c(Cl)c1)c1cccc(F)c1F. The Morgan fingerprint density at radius 2 is 1.89 bits per heavy atom. The van der Waals surface area contributed by atoms with E-state index in [0.29, 0.717) is 10.6 Å². The molecule has 0 radical (unpaired) electrons. The highest BCUT2D eigenvalue weighted by molar-refractivity contribution is 9.10. The van der Waals surface area contributed by atoms with Crippen LogP contribution in [-0.2, 0) is 0 Å². The van der Waals surface area contributed by atoms with Crippen molar-refractivity contribution in [2.75, 3.05) is 0 Å². The summed E-state index contributed by atoms with van der Waals surface area (Å²) in [6.07, 6.45) is 0. The summed E-state index contributed by atoms with van der Waals surface area (Å²) >= 11 is 9.20. The van der Waals surface area contributed by atoms with Gasteiger partial charge in [-0.1, -0.05) is 29.8 Å². The minimum Gasteiger partial charge on any atom is -0.320 e. The van der Waals surface area contributed by atoms with Crippen molar-refractivity contribution < 1.29 is 8.78 Å². The van der Waals surface area contributed by atoms with Crippen molar-refractivity contribution in [3.8, 4) is 0 Å². The zero-order valence-corrected chi connectivity index (χ0v) is 11.5. The number of benzene rings is 2. The molecule has 0 aliphatic rings. The Morgan fingerprint density at radius 3 is 2.56 bits per heavy atom. The first kappa shape index (κ1) is 13.5. The summed E-state index contributed by atoms with van der Waals surface area (Å²) in [6, 6.07) is 8.24. The summed E-state index contributed by atoms with van der Waals surface area (Å²) < 4.78 is 27.5. The van der Waals surface area contributed by atoms with Crippen LogP contribution in [-0.4, -0.2) is 0 Å². The van der Waals surface area contributed by atoms with Crippen LogP contribution in [0.3, 0.4) is 0 Å². The first-order valence-electron chi connectivity index (χ1n) is 5.15. The largest absolute Gasteiger partial charge is 0.320 e. The third-order valence-corrected chi connectivity index (χ3v) is 3.85. The van der Waals surface area contributed by atoms with Crippen LogP contribution in [0.15, 0.2) is 40.9 Å². The minimum atomic E-state index is -0.927. The zero-order valence-electron chi connectivity index (χ0n) is 9.13. The molecule has 1 unspecified atom stereocenters. The number of hydrogen-bond acceptors (Lipinski definition) is 1. The number of rotatable bonds is 2. The molecule has 2 aromatic carbocycles. The van der Waals surface area contributed by atoms with Crippen molar-refractivity contribution in [1.29, 1.82) is 0 Å². The molecule has 0 amide bonds. The highest BCUT2D eigenvalue weighted by Gasteiger charge is 2.16. The molecule has 0 saturated carbocycles. The summed E-state index contributed by atoms with van der Waals surface area (Å²) in [5.41, 5.74) is 6.65. The lowest BCUT2D eigenvalue weighted by Crippen LogP contribution is -2.14. The molecular weight excluding hydrogens is 324 g/mol. The van der Waals surface area contributed by atoms with Crippen LogP contribution in [0, 0.1) is 11.6 Å². The molecule has 0 spiro atoms. The normalized spacial score (nSPS) is 12.5. The molecule has 1 nitrogen and oxygen atoms in total. The highest BCUT2D eigenvalue weighted by atomic mass is 79.9. The van der Waals surface area contributed by atoms with Crippen molar-refractivity contribution in [2.24, 2.45) is 5.73 Å². The summed E-state index contributed by atoms with van der Waals surface area (Å²) in [5.74, 6) is -1.84. The summed E-state index contributed by atoms with van der Waals surface area (Å²) in [6.45, 7) is 0. The molecule has 94 valence electrons. The van der Waals surface area contributed by atoms with Crippen LogP contribution in [0.5, 0.6) is 0 Å². The van der Waals surface area contributed by atoms with Crippen LogP contribution >= 0.6 is 27.5 Å². The first-order valence-corrected chi connectivity index (χ1v) is 6.32. The molecule has 0 heterocycles. The Bertz CT molecular complexity index is 589. The Hall–Kier alpha value is -0.970. The van der Waals surface area contributed by atoms with Crippen LogP contribution in [0.1, 0.15) is 17.2 Å². The second-order valence-corrected chi connectivity index (χ2v) is 5.06. The minimum absolute atomic E-state index is 0.105. The Balaban J connectivity index is 2.44. The van der Waals surface area contributed by atoms with Crippen molar-refractivity contribution in [2.45, 2.75) is 6.04 Å². The van der Waals surface area contributed by atoms with Gasteiger partial charge < -0.3 is 5.73 Å². The van der Waals surface area contributed by atoms with Crippen LogP contribution < -0.4 is 5.73 Å². The third-order valence-electron chi connectivity index (χ3n) is 2.62. The van der Waals surface area contributed by atoms with E-state index in [2.05, 4.69) is 15.9 Å². The number of halogens is 4. The quantitative estimate of drug-likeness (QED) is 0.865. The molecule has 2 aromatic rings. The third kappa shape index (κ3) is 2.55. The lowest BCUT2D eigenvalue weighted by Gasteiger charge is -2.14. The smallest absolute Gasteiger partial charge is 0.163 e. The van der Waals surface area contributed by atoms with E-state index < -0.39 is 17.7 Å². The summed E-state index contributed by atoms with van der Waals surface area (Å²) in [5, 5.41) is 0.472. The molecule has 18 heavy (non-hydrogen) atoms. The first-order chi connectivity index (χ1) is 8.50. The predicted octanol–water partition coefficient (Wildman–Crippen LogP) is 4.43. The monoisotopic (exact) mass is 331 g/mol. The second-order valence-electron chi connectivity index (χ2n) is 3.79.